The Hall–Kier alpha value is -4.58. The van der Waals surface area contributed by atoms with Gasteiger partial charge in [0.1, 0.15) is 12.4 Å². The summed E-state index contributed by atoms with van der Waals surface area (Å²) < 4.78 is 13.0. The number of aromatic carboxylic acids is 1. The molecule has 1 N–H and O–H groups in total. The topological polar surface area (TPSA) is 146 Å². The molecule has 0 aliphatic heterocycles. The van der Waals surface area contributed by atoms with E-state index in [0.29, 0.717) is 26.8 Å². The van der Waals surface area contributed by atoms with Crippen LogP contribution in [0.15, 0.2) is 69.0 Å². The zero-order valence-electron chi connectivity index (χ0n) is 21.1. The standard InChI is InChI=1S/C27H23BrN4O7/c1-15(2)25-30-21-8-7-19(28)12-20(21)26(33)31(25)29-13-17-10-22(32(36)37)24(23(11-17)38-3)39-14-16-5-4-6-18(9-16)27(34)35/h4-13,15H,14H2,1-3H3,(H,34,35). The minimum atomic E-state index is -1.10. The Labute approximate surface area is 230 Å². The molecule has 0 radical (unpaired) electrons. The summed E-state index contributed by atoms with van der Waals surface area (Å²) in [6.07, 6.45) is 1.31. The Morgan fingerprint density at radius 3 is 2.67 bits per heavy atom. The van der Waals surface area contributed by atoms with Crippen molar-refractivity contribution in [2.45, 2.75) is 26.4 Å². The highest BCUT2D eigenvalue weighted by Crippen LogP contribution is 2.38. The number of carboxylic acids is 1. The fourth-order valence-electron chi connectivity index (χ4n) is 3.84. The number of aromatic nitrogens is 2. The van der Waals surface area contributed by atoms with Gasteiger partial charge in [-0.15, -0.1) is 0 Å². The van der Waals surface area contributed by atoms with Crippen molar-refractivity contribution in [1.29, 1.82) is 0 Å². The van der Waals surface area contributed by atoms with Crippen LogP contribution in [-0.2, 0) is 6.61 Å². The molecule has 0 unspecified atom stereocenters. The Balaban J connectivity index is 1.74. The van der Waals surface area contributed by atoms with E-state index in [-0.39, 0.29) is 46.4 Å². The molecule has 1 aromatic heterocycles. The van der Waals surface area contributed by atoms with E-state index in [9.17, 15) is 24.8 Å². The molecule has 0 amide bonds. The summed E-state index contributed by atoms with van der Waals surface area (Å²) in [5.74, 6) is -0.869. The number of fused-ring (bicyclic) bond motifs is 1. The fourth-order valence-corrected chi connectivity index (χ4v) is 4.20. The first-order chi connectivity index (χ1) is 18.6. The largest absolute Gasteiger partial charge is 0.493 e. The molecular formula is C27H23BrN4O7. The average Bonchev–Trinajstić information content (AvgIpc) is 2.91. The van der Waals surface area contributed by atoms with Gasteiger partial charge in [0.15, 0.2) is 5.75 Å². The van der Waals surface area contributed by atoms with Crippen LogP contribution in [0.25, 0.3) is 10.9 Å². The monoisotopic (exact) mass is 594 g/mol. The number of nitro benzene ring substituents is 1. The molecule has 200 valence electrons. The number of carboxylic acid groups (broad SMARTS) is 1. The van der Waals surface area contributed by atoms with Gasteiger partial charge in [-0.1, -0.05) is 41.9 Å². The second-order valence-electron chi connectivity index (χ2n) is 8.77. The summed E-state index contributed by atoms with van der Waals surface area (Å²) in [5, 5.41) is 25.8. The second kappa shape index (κ2) is 11.4. The van der Waals surface area contributed by atoms with E-state index in [1.807, 2.05) is 13.8 Å². The molecule has 1 heterocycles. The van der Waals surface area contributed by atoms with Gasteiger partial charge in [0, 0.05) is 22.0 Å². The lowest BCUT2D eigenvalue weighted by Gasteiger charge is -2.13. The van der Waals surface area contributed by atoms with Gasteiger partial charge in [0.25, 0.3) is 5.56 Å². The predicted octanol–water partition coefficient (Wildman–Crippen LogP) is 5.36. The number of nitrogens with zero attached hydrogens (tertiary/aromatic N) is 4. The minimum Gasteiger partial charge on any atom is -0.493 e. The number of hydrogen-bond acceptors (Lipinski definition) is 8. The van der Waals surface area contributed by atoms with Gasteiger partial charge in [-0.3, -0.25) is 14.9 Å². The van der Waals surface area contributed by atoms with Crippen LogP contribution >= 0.6 is 15.9 Å². The van der Waals surface area contributed by atoms with Crippen LogP contribution in [-0.4, -0.2) is 39.0 Å². The first-order valence-electron chi connectivity index (χ1n) is 11.7. The maximum atomic E-state index is 13.3. The molecule has 39 heavy (non-hydrogen) atoms. The van der Waals surface area contributed by atoms with Crippen molar-refractivity contribution in [3.05, 3.63) is 102 Å². The van der Waals surface area contributed by atoms with Crippen LogP contribution in [0, 0.1) is 10.1 Å². The zero-order chi connectivity index (χ0) is 28.3. The molecule has 0 saturated carbocycles. The SMILES string of the molecule is COc1cc(C=Nn2c(C(C)C)nc3ccc(Br)cc3c2=O)cc([N+](=O)[O-])c1OCc1cccc(C(=O)O)c1. The summed E-state index contributed by atoms with van der Waals surface area (Å²) in [7, 11) is 1.34. The molecule has 0 spiro atoms. The third kappa shape index (κ3) is 5.96. The van der Waals surface area contributed by atoms with Crippen LogP contribution in [0.3, 0.4) is 0 Å². The van der Waals surface area contributed by atoms with E-state index < -0.39 is 10.9 Å². The maximum absolute atomic E-state index is 13.3. The summed E-state index contributed by atoms with van der Waals surface area (Å²) >= 11 is 3.37. The van der Waals surface area contributed by atoms with Crippen molar-refractivity contribution < 1.29 is 24.3 Å². The summed E-state index contributed by atoms with van der Waals surface area (Å²) in [6, 6.07) is 14.0. The number of halogens is 1. The van der Waals surface area contributed by atoms with E-state index in [1.165, 1.54) is 42.3 Å². The van der Waals surface area contributed by atoms with Gasteiger partial charge in [0.2, 0.25) is 5.75 Å². The van der Waals surface area contributed by atoms with Crippen LogP contribution < -0.4 is 15.0 Å². The fraction of sp³-hybridized carbons (Fsp3) is 0.185. The molecule has 12 heteroatoms. The lowest BCUT2D eigenvalue weighted by molar-refractivity contribution is -0.386. The highest BCUT2D eigenvalue weighted by atomic mass is 79.9. The number of carbonyl (C=O) groups is 1. The summed E-state index contributed by atoms with van der Waals surface area (Å²) in [4.78, 5) is 40.4. The average molecular weight is 595 g/mol. The van der Waals surface area contributed by atoms with Crippen molar-refractivity contribution in [2.24, 2.45) is 5.10 Å². The molecule has 0 aliphatic rings. The van der Waals surface area contributed by atoms with E-state index in [4.69, 9.17) is 9.47 Å². The first kappa shape index (κ1) is 27.5. The van der Waals surface area contributed by atoms with Gasteiger partial charge >= 0.3 is 11.7 Å². The third-order valence-corrected chi connectivity index (χ3v) is 6.20. The van der Waals surface area contributed by atoms with E-state index in [1.54, 1.807) is 30.3 Å². The van der Waals surface area contributed by atoms with Crippen molar-refractivity contribution >= 4 is 44.7 Å². The van der Waals surface area contributed by atoms with Gasteiger partial charge in [-0.2, -0.15) is 9.78 Å². The van der Waals surface area contributed by atoms with Gasteiger partial charge in [-0.05, 0) is 42.0 Å². The zero-order valence-corrected chi connectivity index (χ0v) is 22.7. The quantitative estimate of drug-likeness (QED) is 0.155. The van der Waals surface area contributed by atoms with E-state index >= 15 is 0 Å². The van der Waals surface area contributed by atoms with Gasteiger partial charge in [0.05, 0.1) is 34.7 Å². The molecule has 0 atom stereocenters. The Morgan fingerprint density at radius 1 is 1.23 bits per heavy atom. The lowest BCUT2D eigenvalue weighted by Crippen LogP contribution is -2.23. The van der Waals surface area contributed by atoms with E-state index in [0.717, 1.165) is 0 Å². The minimum absolute atomic E-state index is 0.0654. The Bertz CT molecular complexity index is 1680. The van der Waals surface area contributed by atoms with E-state index in [2.05, 4.69) is 26.0 Å². The number of rotatable bonds is 9. The molecule has 4 aromatic rings. The second-order valence-corrected chi connectivity index (χ2v) is 9.69. The number of benzene rings is 3. The van der Waals surface area contributed by atoms with Crippen LogP contribution in [0.1, 0.15) is 47.1 Å². The molecular weight excluding hydrogens is 572 g/mol. The molecule has 0 saturated heterocycles. The molecule has 0 bridgehead atoms. The smallest absolute Gasteiger partial charge is 0.335 e. The molecule has 0 aliphatic carbocycles. The number of hydrogen-bond donors (Lipinski definition) is 1. The molecule has 11 nitrogen and oxygen atoms in total. The van der Waals surface area contributed by atoms with Gasteiger partial charge in [-0.25, -0.2) is 9.78 Å². The summed E-state index contributed by atoms with van der Waals surface area (Å²) in [6.45, 7) is 3.63. The number of nitro groups is 1. The summed E-state index contributed by atoms with van der Waals surface area (Å²) in [5.41, 5.74) is 0.623. The predicted molar refractivity (Wildman–Crippen MR) is 148 cm³/mol. The molecule has 3 aromatic carbocycles. The van der Waals surface area contributed by atoms with Crippen LogP contribution in [0.5, 0.6) is 11.5 Å². The highest BCUT2D eigenvalue weighted by Gasteiger charge is 2.23. The van der Waals surface area contributed by atoms with Crippen molar-refractivity contribution in [1.82, 2.24) is 9.66 Å². The van der Waals surface area contributed by atoms with Gasteiger partial charge < -0.3 is 14.6 Å². The number of methoxy groups -OCH3 is 1. The van der Waals surface area contributed by atoms with Crippen molar-refractivity contribution in [3.8, 4) is 11.5 Å². The highest BCUT2D eigenvalue weighted by molar-refractivity contribution is 9.10. The number of ether oxygens (including phenoxy) is 2. The van der Waals surface area contributed by atoms with Crippen LogP contribution in [0.4, 0.5) is 5.69 Å². The normalized spacial score (nSPS) is 11.3. The Morgan fingerprint density at radius 2 is 2.00 bits per heavy atom. The molecule has 0 fully saturated rings. The first-order valence-corrected chi connectivity index (χ1v) is 12.5. The van der Waals surface area contributed by atoms with Crippen molar-refractivity contribution in [3.63, 3.8) is 0 Å². The Kier molecular flexibility index (Phi) is 8.05. The van der Waals surface area contributed by atoms with Crippen molar-refractivity contribution in [2.75, 3.05) is 7.11 Å². The lowest BCUT2D eigenvalue weighted by atomic mass is 10.1. The third-order valence-electron chi connectivity index (χ3n) is 5.70. The maximum Gasteiger partial charge on any atom is 0.335 e. The molecule has 4 rings (SSSR count). The van der Waals surface area contributed by atoms with Crippen LogP contribution in [0.2, 0.25) is 0 Å².